The number of benzene rings is 1. The maximum absolute atomic E-state index is 5.26. The number of hydrogen-bond acceptors (Lipinski definition) is 3. The minimum absolute atomic E-state index is 0.505. The van der Waals surface area contributed by atoms with Crippen molar-refractivity contribution in [2.75, 3.05) is 7.11 Å². The molecule has 1 atom stereocenters. The highest BCUT2D eigenvalue weighted by Gasteiger charge is 2.22. The van der Waals surface area contributed by atoms with Crippen LogP contribution in [0.1, 0.15) is 31.5 Å². The van der Waals surface area contributed by atoms with Crippen LogP contribution >= 0.6 is 0 Å². The minimum Gasteiger partial charge on any atom is -0.497 e. The molecule has 1 aliphatic heterocycles. The lowest BCUT2D eigenvalue weighted by Crippen LogP contribution is -2.14. The number of methoxy groups -OCH3 is 1. The van der Waals surface area contributed by atoms with Gasteiger partial charge in [0.15, 0.2) is 5.82 Å². The monoisotopic (exact) mass is 243 g/mol. The van der Waals surface area contributed by atoms with Crippen molar-refractivity contribution in [2.45, 2.75) is 32.2 Å². The van der Waals surface area contributed by atoms with Crippen molar-refractivity contribution in [1.82, 2.24) is 14.8 Å². The van der Waals surface area contributed by atoms with Gasteiger partial charge in [0.2, 0.25) is 0 Å². The van der Waals surface area contributed by atoms with Gasteiger partial charge in [-0.3, -0.25) is 0 Å². The van der Waals surface area contributed by atoms with Crippen molar-refractivity contribution in [2.24, 2.45) is 0 Å². The molecule has 18 heavy (non-hydrogen) atoms. The van der Waals surface area contributed by atoms with Gasteiger partial charge >= 0.3 is 0 Å². The molecule has 4 nitrogen and oxygen atoms in total. The second-order valence-electron chi connectivity index (χ2n) is 4.81. The van der Waals surface area contributed by atoms with Crippen molar-refractivity contribution < 1.29 is 4.74 Å². The molecule has 2 heterocycles. The molecule has 0 bridgehead atoms. The molecule has 2 aromatic rings. The zero-order valence-electron chi connectivity index (χ0n) is 10.8. The first-order valence-electron chi connectivity index (χ1n) is 6.37. The van der Waals surface area contributed by atoms with Gasteiger partial charge in [-0.1, -0.05) is 19.1 Å². The number of rotatable bonds is 2. The molecule has 1 aliphatic rings. The smallest absolute Gasteiger partial charge is 0.164 e. The third-order valence-corrected chi connectivity index (χ3v) is 3.57. The molecule has 94 valence electrons. The van der Waals surface area contributed by atoms with Crippen LogP contribution in [0.3, 0.4) is 0 Å². The third kappa shape index (κ3) is 1.78. The van der Waals surface area contributed by atoms with E-state index in [1.165, 1.54) is 12.8 Å². The van der Waals surface area contributed by atoms with E-state index in [1.807, 2.05) is 18.2 Å². The molecular formula is C14H17N3O. The quantitative estimate of drug-likeness (QED) is 0.814. The Morgan fingerprint density at radius 1 is 1.33 bits per heavy atom. The molecule has 0 aliphatic carbocycles. The van der Waals surface area contributed by atoms with Gasteiger partial charge in [-0.15, -0.1) is 10.2 Å². The van der Waals surface area contributed by atoms with Crippen LogP contribution in [0.2, 0.25) is 0 Å². The van der Waals surface area contributed by atoms with Crippen LogP contribution in [0.25, 0.3) is 11.4 Å². The Morgan fingerprint density at radius 2 is 2.22 bits per heavy atom. The fourth-order valence-corrected chi connectivity index (χ4v) is 2.56. The van der Waals surface area contributed by atoms with Gasteiger partial charge in [0.05, 0.1) is 7.11 Å². The molecule has 0 fully saturated rings. The molecule has 0 amide bonds. The van der Waals surface area contributed by atoms with Gasteiger partial charge in [0, 0.05) is 18.0 Å². The lowest BCUT2D eigenvalue weighted by atomic mass is 10.0. The second kappa shape index (κ2) is 4.44. The normalized spacial score (nSPS) is 18.4. The fourth-order valence-electron chi connectivity index (χ4n) is 2.56. The van der Waals surface area contributed by atoms with E-state index < -0.39 is 0 Å². The van der Waals surface area contributed by atoms with E-state index in [-0.39, 0.29) is 0 Å². The maximum Gasteiger partial charge on any atom is 0.164 e. The molecule has 0 spiro atoms. The molecule has 3 rings (SSSR count). The first-order chi connectivity index (χ1) is 8.79. The van der Waals surface area contributed by atoms with E-state index in [2.05, 4.69) is 27.8 Å². The molecule has 4 heteroatoms. The Balaban J connectivity index is 2.06. The number of hydrogen-bond donors (Lipinski definition) is 0. The Morgan fingerprint density at radius 3 is 3.06 bits per heavy atom. The van der Waals surface area contributed by atoms with E-state index in [1.54, 1.807) is 7.11 Å². The summed E-state index contributed by atoms with van der Waals surface area (Å²) in [6.45, 7) is 3.23. The predicted octanol–water partition coefficient (Wildman–Crippen LogP) is 2.85. The summed E-state index contributed by atoms with van der Waals surface area (Å²) < 4.78 is 7.50. The van der Waals surface area contributed by atoms with Crippen molar-refractivity contribution in [3.05, 3.63) is 30.1 Å². The number of ether oxygens (including phenoxy) is 1. The molecule has 0 N–H and O–H groups in total. The van der Waals surface area contributed by atoms with Crippen molar-refractivity contribution >= 4 is 0 Å². The van der Waals surface area contributed by atoms with E-state index in [9.17, 15) is 0 Å². The SMILES string of the molecule is COc1cccc(-c2nnc3n2CCCC3C)c1. The summed E-state index contributed by atoms with van der Waals surface area (Å²) in [6, 6.07) is 8.00. The van der Waals surface area contributed by atoms with Crippen LogP contribution in [0.15, 0.2) is 24.3 Å². The summed E-state index contributed by atoms with van der Waals surface area (Å²) in [6.07, 6.45) is 2.40. The van der Waals surface area contributed by atoms with Gasteiger partial charge < -0.3 is 9.30 Å². The summed E-state index contributed by atoms with van der Waals surface area (Å²) >= 11 is 0. The standard InChI is InChI=1S/C14H17N3O/c1-10-5-4-8-17-13(10)15-16-14(17)11-6-3-7-12(9-11)18-2/h3,6-7,9-10H,4-5,8H2,1-2H3. The topological polar surface area (TPSA) is 39.9 Å². The molecule has 1 aromatic carbocycles. The molecule has 1 unspecified atom stereocenters. The zero-order valence-corrected chi connectivity index (χ0v) is 10.8. The first-order valence-corrected chi connectivity index (χ1v) is 6.37. The Kier molecular flexibility index (Phi) is 2.78. The number of aromatic nitrogens is 3. The van der Waals surface area contributed by atoms with Gasteiger partial charge in [-0.05, 0) is 25.0 Å². The van der Waals surface area contributed by atoms with Crippen molar-refractivity contribution in [3.8, 4) is 17.1 Å². The Hall–Kier alpha value is -1.84. The summed E-state index contributed by atoms with van der Waals surface area (Å²) in [7, 11) is 1.68. The van der Waals surface area contributed by atoms with Crippen molar-refractivity contribution in [3.63, 3.8) is 0 Å². The highest BCUT2D eigenvalue weighted by molar-refractivity contribution is 5.58. The minimum atomic E-state index is 0.505. The molecule has 0 radical (unpaired) electrons. The van der Waals surface area contributed by atoms with Crippen LogP contribution in [0.5, 0.6) is 5.75 Å². The highest BCUT2D eigenvalue weighted by Crippen LogP contribution is 2.30. The third-order valence-electron chi connectivity index (χ3n) is 3.57. The maximum atomic E-state index is 5.26. The first kappa shape index (κ1) is 11.3. The summed E-state index contributed by atoms with van der Waals surface area (Å²) in [5, 5.41) is 8.69. The van der Waals surface area contributed by atoms with Gasteiger partial charge in [-0.25, -0.2) is 0 Å². The summed E-state index contributed by atoms with van der Waals surface area (Å²) in [5.74, 6) is 3.42. The second-order valence-corrected chi connectivity index (χ2v) is 4.81. The van der Waals surface area contributed by atoms with Crippen LogP contribution in [-0.4, -0.2) is 21.9 Å². The predicted molar refractivity (Wildman–Crippen MR) is 69.7 cm³/mol. The molecule has 0 saturated carbocycles. The van der Waals surface area contributed by atoms with Crippen LogP contribution in [0, 0.1) is 0 Å². The highest BCUT2D eigenvalue weighted by atomic mass is 16.5. The lowest BCUT2D eigenvalue weighted by Gasteiger charge is -2.20. The summed E-state index contributed by atoms with van der Waals surface area (Å²) in [5.41, 5.74) is 1.07. The average Bonchev–Trinajstić information content (AvgIpc) is 2.84. The van der Waals surface area contributed by atoms with Crippen molar-refractivity contribution in [1.29, 1.82) is 0 Å². The number of nitrogens with zero attached hydrogens (tertiary/aromatic N) is 3. The van der Waals surface area contributed by atoms with Crippen LogP contribution in [-0.2, 0) is 6.54 Å². The largest absolute Gasteiger partial charge is 0.497 e. The van der Waals surface area contributed by atoms with Crippen LogP contribution < -0.4 is 4.74 Å². The lowest BCUT2D eigenvalue weighted by molar-refractivity contribution is 0.415. The average molecular weight is 243 g/mol. The van der Waals surface area contributed by atoms with E-state index in [0.717, 1.165) is 29.5 Å². The van der Waals surface area contributed by atoms with Crippen LogP contribution in [0.4, 0.5) is 0 Å². The summed E-state index contributed by atoms with van der Waals surface area (Å²) in [4.78, 5) is 0. The number of fused-ring (bicyclic) bond motifs is 1. The van der Waals surface area contributed by atoms with E-state index in [0.29, 0.717) is 5.92 Å². The Bertz CT molecular complexity index is 562. The zero-order chi connectivity index (χ0) is 12.5. The van der Waals surface area contributed by atoms with E-state index in [4.69, 9.17) is 4.74 Å². The van der Waals surface area contributed by atoms with Gasteiger partial charge in [0.1, 0.15) is 11.6 Å². The molecule has 0 saturated heterocycles. The van der Waals surface area contributed by atoms with E-state index >= 15 is 0 Å². The fraction of sp³-hybridized carbons (Fsp3) is 0.429. The van der Waals surface area contributed by atoms with Gasteiger partial charge in [0.25, 0.3) is 0 Å². The Labute approximate surface area is 107 Å². The van der Waals surface area contributed by atoms with Gasteiger partial charge in [-0.2, -0.15) is 0 Å². The molecular weight excluding hydrogens is 226 g/mol. The molecule has 1 aromatic heterocycles.